The van der Waals surface area contributed by atoms with Gasteiger partial charge in [-0.1, -0.05) is 18.2 Å². The zero-order valence-corrected chi connectivity index (χ0v) is 16.5. The molecule has 1 amide bonds. The van der Waals surface area contributed by atoms with Crippen molar-refractivity contribution < 1.29 is 21.6 Å². The topological polar surface area (TPSA) is 121 Å². The lowest BCUT2D eigenvalue weighted by atomic mass is 10.1. The van der Waals surface area contributed by atoms with E-state index in [9.17, 15) is 21.6 Å². The van der Waals surface area contributed by atoms with Crippen molar-refractivity contribution in [2.24, 2.45) is 0 Å². The summed E-state index contributed by atoms with van der Waals surface area (Å²) in [6.45, 7) is 0.282. The molecule has 0 aliphatic rings. The van der Waals surface area contributed by atoms with Crippen LogP contribution in [-0.2, 0) is 26.5 Å². The van der Waals surface area contributed by atoms with E-state index in [0.717, 1.165) is 18.1 Å². The molecule has 2 rings (SSSR count). The van der Waals surface area contributed by atoms with Gasteiger partial charge in [0.1, 0.15) is 0 Å². The average Bonchev–Trinajstić information content (AvgIpc) is 2.53. The molecule has 0 atom stereocenters. The standard InChI is InChI=1S/C17H21N3O5S2/c1-26(22,23)18-11-10-13-6-8-14(9-7-13)17(21)19-15-4-3-5-16(12-15)20-27(2,24)25/h3-9,12,18,20H,10-11H2,1-2H3,(H,19,21). The maximum absolute atomic E-state index is 12.3. The second-order valence-electron chi connectivity index (χ2n) is 6.02. The molecule has 0 radical (unpaired) electrons. The van der Waals surface area contributed by atoms with Crippen LogP contribution >= 0.6 is 0 Å². The SMILES string of the molecule is CS(=O)(=O)NCCc1ccc(C(=O)Nc2cccc(NS(C)(=O)=O)c2)cc1. The maximum Gasteiger partial charge on any atom is 0.255 e. The minimum Gasteiger partial charge on any atom is -0.322 e. The molecule has 0 aliphatic heterocycles. The van der Waals surface area contributed by atoms with Crippen molar-refractivity contribution in [1.29, 1.82) is 0 Å². The van der Waals surface area contributed by atoms with E-state index < -0.39 is 20.0 Å². The molecule has 8 nitrogen and oxygen atoms in total. The average molecular weight is 412 g/mol. The molecule has 146 valence electrons. The highest BCUT2D eigenvalue weighted by molar-refractivity contribution is 7.92. The van der Waals surface area contributed by atoms with E-state index in [2.05, 4.69) is 14.8 Å². The first-order chi connectivity index (χ1) is 12.5. The van der Waals surface area contributed by atoms with Crippen LogP contribution in [0.4, 0.5) is 11.4 Å². The molecule has 0 saturated carbocycles. The summed E-state index contributed by atoms with van der Waals surface area (Å²) in [4.78, 5) is 12.3. The number of amides is 1. The van der Waals surface area contributed by atoms with Gasteiger partial charge in [-0.05, 0) is 42.3 Å². The van der Waals surface area contributed by atoms with E-state index in [1.165, 1.54) is 6.07 Å². The molecule has 0 fully saturated rings. The largest absolute Gasteiger partial charge is 0.322 e. The fourth-order valence-electron chi connectivity index (χ4n) is 2.28. The highest BCUT2D eigenvalue weighted by atomic mass is 32.2. The van der Waals surface area contributed by atoms with Gasteiger partial charge in [0.2, 0.25) is 20.0 Å². The zero-order valence-electron chi connectivity index (χ0n) is 14.9. The fourth-order valence-corrected chi connectivity index (χ4v) is 3.31. The number of benzene rings is 2. The van der Waals surface area contributed by atoms with Crippen LogP contribution < -0.4 is 14.8 Å². The molecule has 2 aromatic rings. The number of carbonyl (C=O) groups excluding carboxylic acids is 1. The number of anilines is 2. The van der Waals surface area contributed by atoms with Crippen LogP contribution in [-0.4, -0.2) is 41.8 Å². The molecule has 0 aliphatic carbocycles. The van der Waals surface area contributed by atoms with E-state index in [4.69, 9.17) is 0 Å². The Hall–Kier alpha value is -2.43. The summed E-state index contributed by atoms with van der Waals surface area (Å²) < 4.78 is 49.4. The Morgan fingerprint density at radius 2 is 1.52 bits per heavy atom. The zero-order chi connectivity index (χ0) is 20.1. The number of sulfonamides is 2. The predicted octanol–water partition coefficient (Wildman–Crippen LogP) is 1.40. The monoisotopic (exact) mass is 411 g/mol. The van der Waals surface area contributed by atoms with Gasteiger partial charge in [-0.2, -0.15) is 0 Å². The Labute approximate surface area is 159 Å². The lowest BCUT2D eigenvalue weighted by molar-refractivity contribution is 0.102. The molecule has 10 heteroatoms. The van der Waals surface area contributed by atoms with E-state index in [1.807, 2.05) is 0 Å². The minimum atomic E-state index is -3.40. The van der Waals surface area contributed by atoms with Crippen molar-refractivity contribution in [3.8, 4) is 0 Å². The van der Waals surface area contributed by atoms with Crippen molar-refractivity contribution >= 4 is 37.3 Å². The van der Waals surface area contributed by atoms with Gasteiger partial charge in [-0.15, -0.1) is 0 Å². The first-order valence-electron chi connectivity index (χ1n) is 7.95. The quantitative estimate of drug-likeness (QED) is 0.606. The van der Waals surface area contributed by atoms with Gasteiger partial charge in [-0.3, -0.25) is 9.52 Å². The highest BCUT2D eigenvalue weighted by Crippen LogP contribution is 2.17. The summed E-state index contributed by atoms with van der Waals surface area (Å²) in [7, 11) is -6.62. The van der Waals surface area contributed by atoms with Crippen LogP contribution in [0.2, 0.25) is 0 Å². The summed E-state index contributed by atoms with van der Waals surface area (Å²) in [6, 6.07) is 13.2. The molecule has 0 saturated heterocycles. The minimum absolute atomic E-state index is 0.282. The molecule has 0 spiro atoms. The molecular formula is C17H21N3O5S2. The van der Waals surface area contributed by atoms with Crippen LogP contribution in [0.1, 0.15) is 15.9 Å². The van der Waals surface area contributed by atoms with Gasteiger partial charge < -0.3 is 5.32 Å². The second-order valence-corrected chi connectivity index (χ2v) is 9.60. The molecule has 0 aromatic heterocycles. The number of rotatable bonds is 8. The van der Waals surface area contributed by atoms with Gasteiger partial charge in [0.05, 0.1) is 18.2 Å². The summed E-state index contributed by atoms with van der Waals surface area (Å²) in [5, 5.41) is 2.70. The third-order valence-electron chi connectivity index (χ3n) is 3.42. The van der Waals surface area contributed by atoms with E-state index in [-0.39, 0.29) is 12.5 Å². The Balaban J connectivity index is 1.99. The van der Waals surface area contributed by atoms with Crippen LogP contribution in [0, 0.1) is 0 Å². The number of nitrogens with one attached hydrogen (secondary N) is 3. The van der Waals surface area contributed by atoms with Crippen LogP contribution in [0.5, 0.6) is 0 Å². The van der Waals surface area contributed by atoms with Crippen LogP contribution in [0.3, 0.4) is 0 Å². The second kappa shape index (κ2) is 8.51. The third-order valence-corrected chi connectivity index (χ3v) is 4.75. The van der Waals surface area contributed by atoms with Crippen LogP contribution in [0.25, 0.3) is 0 Å². The highest BCUT2D eigenvalue weighted by Gasteiger charge is 2.08. The molecule has 3 N–H and O–H groups in total. The molecule has 27 heavy (non-hydrogen) atoms. The van der Waals surface area contributed by atoms with Gasteiger partial charge in [0.15, 0.2) is 0 Å². The molecule has 2 aromatic carbocycles. The summed E-state index contributed by atoms with van der Waals surface area (Å²) >= 11 is 0. The molecule has 0 unspecified atom stereocenters. The first-order valence-corrected chi connectivity index (χ1v) is 11.7. The van der Waals surface area contributed by atoms with Crippen molar-refractivity contribution in [2.45, 2.75) is 6.42 Å². The smallest absolute Gasteiger partial charge is 0.255 e. The third kappa shape index (κ3) is 7.77. The first kappa shape index (κ1) is 20.9. The van der Waals surface area contributed by atoms with E-state index >= 15 is 0 Å². The fraction of sp³-hybridized carbons (Fsp3) is 0.235. The van der Waals surface area contributed by atoms with Crippen molar-refractivity contribution in [3.05, 3.63) is 59.7 Å². The Kier molecular flexibility index (Phi) is 6.58. The molecule has 0 heterocycles. The summed E-state index contributed by atoms with van der Waals surface area (Å²) in [6.07, 6.45) is 2.65. The predicted molar refractivity (Wildman–Crippen MR) is 106 cm³/mol. The van der Waals surface area contributed by atoms with E-state index in [1.54, 1.807) is 42.5 Å². The Bertz CT molecular complexity index is 1020. The van der Waals surface area contributed by atoms with Crippen molar-refractivity contribution in [2.75, 3.05) is 29.1 Å². The number of carbonyl (C=O) groups is 1. The Morgan fingerprint density at radius 1 is 0.889 bits per heavy atom. The number of hydrogen-bond donors (Lipinski definition) is 3. The summed E-state index contributed by atoms with van der Waals surface area (Å²) in [5.74, 6) is -0.340. The Morgan fingerprint density at radius 3 is 2.11 bits per heavy atom. The van der Waals surface area contributed by atoms with Gasteiger partial charge >= 0.3 is 0 Å². The van der Waals surface area contributed by atoms with Crippen LogP contribution in [0.15, 0.2) is 48.5 Å². The lowest BCUT2D eigenvalue weighted by Gasteiger charge is -2.09. The van der Waals surface area contributed by atoms with Crippen molar-refractivity contribution in [3.63, 3.8) is 0 Å². The number of hydrogen-bond acceptors (Lipinski definition) is 5. The lowest BCUT2D eigenvalue weighted by Crippen LogP contribution is -2.24. The van der Waals surface area contributed by atoms with Gasteiger partial charge in [-0.25, -0.2) is 21.6 Å². The molecule has 0 bridgehead atoms. The van der Waals surface area contributed by atoms with Gasteiger partial charge in [0.25, 0.3) is 5.91 Å². The van der Waals surface area contributed by atoms with Gasteiger partial charge in [0, 0.05) is 17.8 Å². The summed E-state index contributed by atoms with van der Waals surface area (Å²) in [5.41, 5.74) is 2.12. The van der Waals surface area contributed by atoms with E-state index in [0.29, 0.717) is 23.4 Å². The molecular weight excluding hydrogens is 390 g/mol. The van der Waals surface area contributed by atoms with Crippen molar-refractivity contribution in [1.82, 2.24) is 4.72 Å². The maximum atomic E-state index is 12.3. The normalized spacial score (nSPS) is 11.8.